The van der Waals surface area contributed by atoms with Crippen molar-refractivity contribution < 1.29 is 9.53 Å². The highest BCUT2D eigenvalue weighted by Gasteiger charge is 2.15. The Bertz CT molecular complexity index is 309. The van der Waals surface area contributed by atoms with Gasteiger partial charge in [0.15, 0.2) is 5.69 Å². The summed E-state index contributed by atoms with van der Waals surface area (Å²) in [6, 6.07) is 0. The second-order valence-corrected chi connectivity index (χ2v) is 3.40. The molecule has 72 valence electrons. The van der Waals surface area contributed by atoms with Crippen molar-refractivity contribution in [2.45, 2.75) is 6.42 Å². The molecule has 0 fully saturated rings. The van der Waals surface area contributed by atoms with Crippen LogP contribution in [-0.2, 0) is 18.2 Å². The maximum absolute atomic E-state index is 11.2. The molecule has 1 aromatic heterocycles. The minimum absolute atomic E-state index is 0.378. The summed E-state index contributed by atoms with van der Waals surface area (Å²) in [7, 11) is 3.14. The number of rotatable bonds is 3. The molecule has 0 saturated heterocycles. The van der Waals surface area contributed by atoms with Gasteiger partial charge in [0.05, 0.1) is 7.11 Å². The van der Waals surface area contributed by atoms with Gasteiger partial charge in [-0.25, -0.2) is 4.79 Å². The SMILES string of the molecule is COC(=O)c1nn(C)cc1CCBr. The number of ether oxygens (including phenoxy) is 1. The second kappa shape index (κ2) is 4.41. The number of hydrogen-bond acceptors (Lipinski definition) is 3. The van der Waals surface area contributed by atoms with E-state index in [1.165, 1.54) is 7.11 Å². The lowest BCUT2D eigenvalue weighted by molar-refractivity contribution is 0.0592. The Hall–Kier alpha value is -0.840. The zero-order chi connectivity index (χ0) is 9.84. The molecule has 0 spiro atoms. The monoisotopic (exact) mass is 246 g/mol. The smallest absolute Gasteiger partial charge is 0.358 e. The van der Waals surface area contributed by atoms with Crippen LogP contribution in [0.25, 0.3) is 0 Å². The van der Waals surface area contributed by atoms with Crippen molar-refractivity contribution in [3.8, 4) is 0 Å². The van der Waals surface area contributed by atoms with Gasteiger partial charge in [-0.2, -0.15) is 5.10 Å². The van der Waals surface area contributed by atoms with Gasteiger partial charge in [-0.1, -0.05) is 15.9 Å². The van der Waals surface area contributed by atoms with Crippen LogP contribution in [0, 0.1) is 0 Å². The molecule has 1 aromatic rings. The van der Waals surface area contributed by atoms with E-state index in [0.29, 0.717) is 5.69 Å². The highest BCUT2D eigenvalue weighted by Crippen LogP contribution is 2.09. The summed E-state index contributed by atoms with van der Waals surface area (Å²) < 4.78 is 6.22. The number of aryl methyl sites for hydroxylation is 2. The maximum Gasteiger partial charge on any atom is 0.358 e. The summed E-state index contributed by atoms with van der Waals surface area (Å²) in [6.07, 6.45) is 2.60. The Balaban J connectivity index is 2.96. The molecule has 0 unspecified atom stereocenters. The van der Waals surface area contributed by atoms with Gasteiger partial charge in [-0.3, -0.25) is 4.68 Å². The van der Waals surface area contributed by atoms with E-state index >= 15 is 0 Å². The number of hydrogen-bond donors (Lipinski definition) is 0. The van der Waals surface area contributed by atoms with Crippen molar-refractivity contribution in [2.75, 3.05) is 12.4 Å². The first kappa shape index (κ1) is 10.2. The Morgan fingerprint density at radius 3 is 3.00 bits per heavy atom. The average molecular weight is 247 g/mol. The molecular weight excluding hydrogens is 236 g/mol. The van der Waals surface area contributed by atoms with Gasteiger partial charge in [-0.05, 0) is 6.42 Å². The number of alkyl halides is 1. The Morgan fingerprint density at radius 1 is 1.77 bits per heavy atom. The third kappa shape index (κ3) is 2.30. The molecule has 0 aliphatic rings. The van der Waals surface area contributed by atoms with Crippen molar-refractivity contribution in [3.63, 3.8) is 0 Å². The molecule has 0 saturated carbocycles. The Kier molecular flexibility index (Phi) is 3.48. The topological polar surface area (TPSA) is 44.1 Å². The predicted molar refractivity (Wildman–Crippen MR) is 52.0 cm³/mol. The van der Waals surface area contributed by atoms with Crippen LogP contribution >= 0.6 is 15.9 Å². The normalized spacial score (nSPS) is 10.1. The molecular formula is C8H11BrN2O2. The van der Waals surface area contributed by atoms with E-state index < -0.39 is 0 Å². The van der Waals surface area contributed by atoms with Crippen LogP contribution in [0.1, 0.15) is 16.1 Å². The van der Waals surface area contributed by atoms with Crippen LogP contribution in [-0.4, -0.2) is 28.2 Å². The van der Waals surface area contributed by atoms with Gasteiger partial charge in [0.2, 0.25) is 0 Å². The number of methoxy groups -OCH3 is 1. The molecule has 0 atom stereocenters. The van der Waals surface area contributed by atoms with E-state index in [1.807, 2.05) is 6.20 Å². The lowest BCUT2D eigenvalue weighted by Gasteiger charge is -1.96. The summed E-state index contributed by atoms with van der Waals surface area (Å²) in [6.45, 7) is 0. The van der Waals surface area contributed by atoms with Gasteiger partial charge in [0.25, 0.3) is 0 Å². The quantitative estimate of drug-likeness (QED) is 0.594. The molecule has 4 nitrogen and oxygen atoms in total. The van der Waals surface area contributed by atoms with Gasteiger partial charge >= 0.3 is 5.97 Å². The molecule has 0 bridgehead atoms. The number of carbonyl (C=O) groups excluding carboxylic acids is 1. The Morgan fingerprint density at radius 2 is 2.46 bits per heavy atom. The van der Waals surface area contributed by atoms with Crippen LogP contribution in [0.4, 0.5) is 0 Å². The summed E-state index contributed by atoms with van der Waals surface area (Å²) in [5.41, 5.74) is 1.32. The van der Waals surface area contributed by atoms with E-state index in [1.54, 1.807) is 11.7 Å². The van der Waals surface area contributed by atoms with Crippen LogP contribution < -0.4 is 0 Å². The van der Waals surface area contributed by atoms with Gasteiger partial charge in [-0.15, -0.1) is 0 Å². The van der Waals surface area contributed by atoms with Crippen molar-refractivity contribution in [2.24, 2.45) is 7.05 Å². The molecule has 0 N–H and O–H groups in total. The first-order valence-electron chi connectivity index (χ1n) is 3.86. The lowest BCUT2D eigenvalue weighted by atomic mass is 10.2. The maximum atomic E-state index is 11.2. The zero-order valence-corrected chi connectivity index (χ0v) is 9.17. The molecule has 13 heavy (non-hydrogen) atoms. The first-order chi connectivity index (χ1) is 6.19. The van der Waals surface area contributed by atoms with Crippen molar-refractivity contribution in [1.82, 2.24) is 9.78 Å². The van der Waals surface area contributed by atoms with Gasteiger partial charge < -0.3 is 4.74 Å². The largest absolute Gasteiger partial charge is 0.464 e. The fraction of sp³-hybridized carbons (Fsp3) is 0.500. The second-order valence-electron chi connectivity index (χ2n) is 2.61. The lowest BCUT2D eigenvalue weighted by Crippen LogP contribution is -2.06. The summed E-state index contributed by atoms with van der Waals surface area (Å²) in [4.78, 5) is 11.2. The van der Waals surface area contributed by atoms with Crippen molar-refractivity contribution in [3.05, 3.63) is 17.5 Å². The van der Waals surface area contributed by atoms with Crippen molar-refractivity contribution >= 4 is 21.9 Å². The molecule has 0 radical (unpaired) electrons. The first-order valence-corrected chi connectivity index (χ1v) is 4.98. The summed E-state index contributed by atoms with van der Waals surface area (Å²) >= 11 is 3.31. The Labute approximate surface area is 85.0 Å². The summed E-state index contributed by atoms with van der Waals surface area (Å²) in [5.74, 6) is -0.378. The number of esters is 1. The minimum atomic E-state index is -0.378. The molecule has 1 heterocycles. The minimum Gasteiger partial charge on any atom is -0.464 e. The molecule has 0 aliphatic heterocycles. The number of halogens is 1. The standard InChI is InChI=1S/C8H11BrN2O2/c1-11-5-6(3-4-9)7(10-11)8(12)13-2/h5H,3-4H2,1-2H3. The highest BCUT2D eigenvalue weighted by molar-refractivity contribution is 9.09. The third-order valence-corrected chi connectivity index (χ3v) is 2.04. The van der Waals surface area contributed by atoms with Crippen molar-refractivity contribution in [1.29, 1.82) is 0 Å². The van der Waals surface area contributed by atoms with Crippen LogP contribution in [0.5, 0.6) is 0 Å². The van der Waals surface area contributed by atoms with E-state index in [9.17, 15) is 4.79 Å². The van der Waals surface area contributed by atoms with Gasteiger partial charge in [0, 0.05) is 24.1 Å². The molecule has 0 aromatic carbocycles. The summed E-state index contributed by atoms with van der Waals surface area (Å²) in [5, 5.41) is 4.83. The third-order valence-electron chi connectivity index (χ3n) is 1.65. The zero-order valence-electron chi connectivity index (χ0n) is 7.58. The molecule has 0 amide bonds. The fourth-order valence-corrected chi connectivity index (χ4v) is 1.52. The van der Waals surface area contributed by atoms with Crippen LogP contribution in [0.3, 0.4) is 0 Å². The number of aromatic nitrogens is 2. The van der Waals surface area contributed by atoms with E-state index in [4.69, 9.17) is 0 Å². The number of nitrogens with zero attached hydrogens (tertiary/aromatic N) is 2. The average Bonchev–Trinajstić information content (AvgIpc) is 2.46. The van der Waals surface area contributed by atoms with Crippen LogP contribution in [0.2, 0.25) is 0 Å². The molecule has 5 heteroatoms. The van der Waals surface area contributed by atoms with E-state index in [-0.39, 0.29) is 5.97 Å². The highest BCUT2D eigenvalue weighted by atomic mass is 79.9. The molecule has 1 rings (SSSR count). The van der Waals surface area contributed by atoms with Crippen LogP contribution in [0.15, 0.2) is 6.20 Å². The fourth-order valence-electron chi connectivity index (χ4n) is 1.09. The van der Waals surface area contributed by atoms with E-state index in [0.717, 1.165) is 17.3 Å². The van der Waals surface area contributed by atoms with Gasteiger partial charge in [0.1, 0.15) is 0 Å². The molecule has 0 aliphatic carbocycles. The predicted octanol–water partition coefficient (Wildman–Crippen LogP) is 1.14. The number of carbonyl (C=O) groups is 1. The van der Waals surface area contributed by atoms with E-state index in [2.05, 4.69) is 25.8 Å².